The smallest absolute Gasteiger partial charge is 0.250 e. The topological polar surface area (TPSA) is 64.2 Å². The van der Waals surface area contributed by atoms with Gasteiger partial charge in [-0.25, -0.2) is 0 Å². The quantitative estimate of drug-likeness (QED) is 0.864. The maximum absolute atomic E-state index is 11.8. The van der Waals surface area contributed by atoms with E-state index in [1.54, 1.807) is 17.7 Å². The number of aryl methyl sites for hydroxylation is 1. The van der Waals surface area contributed by atoms with Crippen LogP contribution in [0.15, 0.2) is 27.6 Å². The summed E-state index contributed by atoms with van der Waals surface area (Å²) < 4.78 is 7.00. The normalized spacial score (nSPS) is 22.4. The van der Waals surface area contributed by atoms with E-state index in [1.165, 1.54) is 12.8 Å². The van der Waals surface area contributed by atoms with Gasteiger partial charge in [0.2, 0.25) is 5.89 Å². The first-order valence-corrected chi connectivity index (χ1v) is 8.40. The van der Waals surface area contributed by atoms with Crippen LogP contribution in [0.4, 0.5) is 0 Å². The second kappa shape index (κ2) is 5.92. The number of likely N-dealkylation sites (tertiary alicyclic amines) is 1. The molecule has 6 nitrogen and oxygen atoms in total. The number of piperidine rings is 1. The van der Waals surface area contributed by atoms with Gasteiger partial charge >= 0.3 is 0 Å². The maximum Gasteiger partial charge on any atom is 0.250 e. The van der Waals surface area contributed by atoms with Crippen molar-refractivity contribution in [1.29, 1.82) is 0 Å². The van der Waals surface area contributed by atoms with Crippen LogP contribution in [0.2, 0.25) is 0 Å². The molecule has 4 rings (SSSR count). The second-order valence-electron chi connectivity index (χ2n) is 6.82. The number of rotatable bonds is 4. The molecule has 2 aliphatic rings. The van der Waals surface area contributed by atoms with Crippen LogP contribution in [-0.2, 0) is 13.6 Å². The van der Waals surface area contributed by atoms with Crippen LogP contribution in [0.1, 0.15) is 54.8 Å². The summed E-state index contributed by atoms with van der Waals surface area (Å²) >= 11 is 0. The molecule has 2 fully saturated rings. The van der Waals surface area contributed by atoms with Crippen molar-refractivity contribution in [3.63, 3.8) is 0 Å². The molecule has 0 unspecified atom stereocenters. The fourth-order valence-electron chi connectivity index (χ4n) is 3.27. The minimum atomic E-state index is 0.0447. The lowest BCUT2D eigenvalue weighted by Gasteiger charge is -2.31. The second-order valence-corrected chi connectivity index (χ2v) is 6.82. The van der Waals surface area contributed by atoms with Crippen LogP contribution in [0, 0.1) is 0 Å². The van der Waals surface area contributed by atoms with Gasteiger partial charge in [0.1, 0.15) is 0 Å². The van der Waals surface area contributed by atoms with Crippen molar-refractivity contribution < 1.29 is 4.52 Å². The Morgan fingerprint density at radius 3 is 2.96 bits per heavy atom. The third-order valence-electron chi connectivity index (χ3n) is 4.83. The minimum Gasteiger partial charge on any atom is -0.339 e. The van der Waals surface area contributed by atoms with Gasteiger partial charge in [-0.3, -0.25) is 9.69 Å². The molecule has 23 heavy (non-hydrogen) atoms. The molecule has 122 valence electrons. The molecule has 0 N–H and O–H groups in total. The predicted octanol–water partition coefficient (Wildman–Crippen LogP) is 2.03. The Bertz CT molecular complexity index is 747. The molecule has 1 saturated carbocycles. The first-order chi connectivity index (χ1) is 11.2. The molecule has 2 aromatic heterocycles. The Balaban J connectivity index is 1.43. The number of hydrogen-bond donors (Lipinski definition) is 0. The number of aromatic nitrogens is 3. The van der Waals surface area contributed by atoms with Crippen molar-refractivity contribution >= 4 is 0 Å². The van der Waals surface area contributed by atoms with E-state index in [0.717, 1.165) is 49.8 Å². The van der Waals surface area contributed by atoms with Gasteiger partial charge in [0.05, 0.1) is 0 Å². The van der Waals surface area contributed by atoms with E-state index in [-0.39, 0.29) is 5.56 Å². The Morgan fingerprint density at radius 1 is 1.30 bits per heavy atom. The summed E-state index contributed by atoms with van der Waals surface area (Å²) in [7, 11) is 1.77. The molecule has 0 spiro atoms. The summed E-state index contributed by atoms with van der Waals surface area (Å²) in [4.78, 5) is 18.7. The molecule has 0 aromatic carbocycles. The van der Waals surface area contributed by atoms with Gasteiger partial charge in [0.15, 0.2) is 5.82 Å². The summed E-state index contributed by atoms with van der Waals surface area (Å²) in [5.41, 5.74) is 1.11. The zero-order valence-corrected chi connectivity index (χ0v) is 13.4. The molecule has 3 heterocycles. The molecule has 2 aromatic rings. The first kappa shape index (κ1) is 14.6. The van der Waals surface area contributed by atoms with Gasteiger partial charge in [-0.1, -0.05) is 5.16 Å². The highest BCUT2D eigenvalue weighted by atomic mass is 16.5. The van der Waals surface area contributed by atoms with E-state index in [2.05, 4.69) is 15.0 Å². The Hall–Kier alpha value is -1.95. The SMILES string of the molecule is Cn1ccc(CN2CCC[C@@H](c3noc(C4CC4)n3)C2)cc1=O. The lowest BCUT2D eigenvalue weighted by atomic mass is 9.97. The largest absolute Gasteiger partial charge is 0.339 e. The molecule has 1 saturated heterocycles. The van der Waals surface area contributed by atoms with Gasteiger partial charge in [-0.05, 0) is 43.9 Å². The van der Waals surface area contributed by atoms with E-state index < -0.39 is 0 Å². The van der Waals surface area contributed by atoms with Crippen molar-refractivity contribution in [2.24, 2.45) is 7.05 Å². The summed E-state index contributed by atoms with van der Waals surface area (Å²) in [6.07, 6.45) is 6.43. The van der Waals surface area contributed by atoms with Gasteiger partial charge < -0.3 is 9.09 Å². The van der Waals surface area contributed by atoms with Crippen LogP contribution in [0.5, 0.6) is 0 Å². The fraction of sp³-hybridized carbons (Fsp3) is 0.588. The van der Waals surface area contributed by atoms with Crippen LogP contribution in [-0.4, -0.2) is 32.7 Å². The van der Waals surface area contributed by atoms with Crippen LogP contribution >= 0.6 is 0 Å². The average molecular weight is 314 g/mol. The molecule has 0 radical (unpaired) electrons. The molecule has 0 bridgehead atoms. The Kier molecular flexibility index (Phi) is 3.77. The zero-order chi connectivity index (χ0) is 15.8. The zero-order valence-electron chi connectivity index (χ0n) is 13.4. The van der Waals surface area contributed by atoms with E-state index in [4.69, 9.17) is 4.52 Å². The first-order valence-electron chi connectivity index (χ1n) is 8.40. The highest BCUT2D eigenvalue weighted by molar-refractivity contribution is 5.11. The third-order valence-corrected chi connectivity index (χ3v) is 4.83. The summed E-state index contributed by atoms with van der Waals surface area (Å²) in [6, 6.07) is 3.74. The fourth-order valence-corrected chi connectivity index (χ4v) is 3.27. The van der Waals surface area contributed by atoms with Crippen LogP contribution < -0.4 is 5.56 Å². The maximum atomic E-state index is 11.8. The van der Waals surface area contributed by atoms with E-state index in [9.17, 15) is 4.79 Å². The summed E-state index contributed by atoms with van der Waals surface area (Å²) in [6.45, 7) is 2.79. The Morgan fingerprint density at radius 2 is 2.17 bits per heavy atom. The van der Waals surface area contributed by atoms with Crippen LogP contribution in [0.3, 0.4) is 0 Å². The number of nitrogens with zero attached hydrogens (tertiary/aromatic N) is 4. The van der Waals surface area contributed by atoms with Crippen molar-refractivity contribution in [3.8, 4) is 0 Å². The minimum absolute atomic E-state index is 0.0447. The third kappa shape index (κ3) is 3.22. The molecule has 1 aliphatic heterocycles. The van der Waals surface area contributed by atoms with Crippen molar-refractivity contribution in [2.75, 3.05) is 13.1 Å². The van der Waals surface area contributed by atoms with E-state index >= 15 is 0 Å². The molecule has 1 aliphatic carbocycles. The predicted molar refractivity (Wildman–Crippen MR) is 85.2 cm³/mol. The van der Waals surface area contributed by atoms with E-state index in [0.29, 0.717) is 11.8 Å². The van der Waals surface area contributed by atoms with Gasteiger partial charge in [-0.15, -0.1) is 0 Å². The highest BCUT2D eigenvalue weighted by Gasteiger charge is 2.32. The lowest BCUT2D eigenvalue weighted by Crippen LogP contribution is -2.34. The lowest BCUT2D eigenvalue weighted by molar-refractivity contribution is 0.194. The number of pyridine rings is 1. The highest BCUT2D eigenvalue weighted by Crippen LogP contribution is 2.39. The Labute approximate surface area is 135 Å². The van der Waals surface area contributed by atoms with Crippen molar-refractivity contribution in [2.45, 2.75) is 44.1 Å². The molecular weight excluding hydrogens is 292 g/mol. The van der Waals surface area contributed by atoms with Crippen molar-refractivity contribution in [1.82, 2.24) is 19.6 Å². The van der Waals surface area contributed by atoms with Crippen LogP contribution in [0.25, 0.3) is 0 Å². The standard InChI is InChI=1S/C17H22N4O2/c1-20-8-6-12(9-15(20)22)10-21-7-2-3-14(11-21)16-18-17(23-19-16)13-4-5-13/h6,8-9,13-14H,2-5,7,10-11H2,1H3/t14-/m1/s1. The monoisotopic (exact) mass is 314 g/mol. The average Bonchev–Trinajstić information content (AvgIpc) is 3.28. The van der Waals surface area contributed by atoms with E-state index in [1.807, 2.05) is 12.3 Å². The van der Waals surface area contributed by atoms with Crippen molar-refractivity contribution in [3.05, 3.63) is 46.0 Å². The summed E-state index contributed by atoms with van der Waals surface area (Å²) in [5.74, 6) is 2.53. The number of hydrogen-bond acceptors (Lipinski definition) is 5. The molecule has 1 atom stereocenters. The van der Waals surface area contributed by atoms with Gasteiger partial charge in [0.25, 0.3) is 5.56 Å². The molecular formula is C17H22N4O2. The summed E-state index contributed by atoms with van der Waals surface area (Å²) in [5, 5.41) is 4.20. The molecule has 6 heteroatoms. The van der Waals surface area contributed by atoms with Gasteiger partial charge in [0, 0.05) is 44.2 Å². The van der Waals surface area contributed by atoms with Gasteiger partial charge in [-0.2, -0.15) is 4.98 Å². The molecule has 0 amide bonds.